The zero-order valence-corrected chi connectivity index (χ0v) is 12.5. The quantitative estimate of drug-likeness (QED) is 0.814. The minimum absolute atomic E-state index is 0.0857. The van der Waals surface area contributed by atoms with Gasteiger partial charge in [-0.1, -0.05) is 6.07 Å². The van der Waals surface area contributed by atoms with E-state index in [4.69, 9.17) is 5.73 Å². The lowest BCUT2D eigenvalue weighted by Gasteiger charge is -2.27. The molecular formula is C15H15BrFN3. The first-order chi connectivity index (χ1) is 9.63. The number of fused-ring (bicyclic) bond motifs is 1. The Hall–Kier alpha value is -1.62. The highest BCUT2D eigenvalue weighted by Crippen LogP contribution is 2.33. The first-order valence-corrected chi connectivity index (χ1v) is 7.38. The molecule has 0 aliphatic heterocycles. The molecule has 2 aromatic rings. The summed E-state index contributed by atoms with van der Waals surface area (Å²) < 4.78 is 14.5. The van der Waals surface area contributed by atoms with Gasteiger partial charge in [-0.05, 0) is 64.5 Å². The molecule has 1 unspecified atom stereocenters. The average molecular weight is 336 g/mol. The topological polar surface area (TPSA) is 50.9 Å². The fourth-order valence-corrected chi connectivity index (χ4v) is 2.97. The maximum Gasteiger partial charge on any atom is 0.166 e. The van der Waals surface area contributed by atoms with Crippen LogP contribution in [-0.2, 0) is 6.42 Å². The molecule has 0 fully saturated rings. The minimum Gasteiger partial charge on any atom is -0.399 e. The molecule has 0 saturated carbocycles. The number of benzene rings is 1. The number of aryl methyl sites for hydroxylation is 1. The molecule has 0 spiro atoms. The number of halogens is 2. The second-order valence-electron chi connectivity index (χ2n) is 5.03. The molecule has 3 rings (SSSR count). The van der Waals surface area contributed by atoms with Crippen molar-refractivity contribution < 1.29 is 4.39 Å². The van der Waals surface area contributed by atoms with Crippen LogP contribution in [0.25, 0.3) is 0 Å². The Kier molecular flexibility index (Phi) is 3.61. The van der Waals surface area contributed by atoms with E-state index in [9.17, 15) is 4.39 Å². The van der Waals surface area contributed by atoms with E-state index in [1.807, 2.05) is 18.2 Å². The van der Waals surface area contributed by atoms with Crippen molar-refractivity contribution in [3.05, 3.63) is 51.9 Å². The van der Waals surface area contributed by atoms with Crippen molar-refractivity contribution in [2.24, 2.45) is 0 Å². The van der Waals surface area contributed by atoms with Crippen molar-refractivity contribution in [1.29, 1.82) is 0 Å². The number of aromatic nitrogens is 1. The molecule has 0 radical (unpaired) electrons. The summed E-state index contributed by atoms with van der Waals surface area (Å²) in [5, 5.41) is 3.20. The van der Waals surface area contributed by atoms with Gasteiger partial charge in [-0.15, -0.1) is 0 Å². The van der Waals surface area contributed by atoms with Crippen LogP contribution < -0.4 is 11.1 Å². The highest BCUT2D eigenvalue weighted by Gasteiger charge is 2.21. The molecule has 1 aliphatic carbocycles. The first-order valence-electron chi connectivity index (χ1n) is 6.59. The highest BCUT2D eigenvalue weighted by atomic mass is 79.9. The van der Waals surface area contributed by atoms with Crippen molar-refractivity contribution in [3.8, 4) is 0 Å². The number of hydrogen-bond donors (Lipinski definition) is 2. The predicted molar refractivity (Wildman–Crippen MR) is 82.1 cm³/mol. The lowest BCUT2D eigenvalue weighted by molar-refractivity contribution is 0.581. The molecular weight excluding hydrogens is 321 g/mol. The number of anilines is 2. The molecule has 1 heterocycles. The second-order valence-corrected chi connectivity index (χ2v) is 5.95. The van der Waals surface area contributed by atoms with E-state index in [2.05, 4.69) is 26.2 Å². The molecule has 3 nitrogen and oxygen atoms in total. The summed E-state index contributed by atoms with van der Waals surface area (Å²) in [5.41, 5.74) is 9.03. The third-order valence-corrected chi connectivity index (χ3v) is 4.03. The zero-order chi connectivity index (χ0) is 14.1. The Morgan fingerprint density at radius 1 is 1.35 bits per heavy atom. The number of nitrogens with zero attached hydrogens (tertiary/aromatic N) is 1. The number of nitrogens with one attached hydrogen (secondary N) is 1. The van der Waals surface area contributed by atoms with E-state index in [1.165, 1.54) is 17.2 Å². The van der Waals surface area contributed by atoms with Crippen LogP contribution in [0.3, 0.4) is 0 Å². The number of nitrogen functional groups attached to an aromatic ring is 1. The van der Waals surface area contributed by atoms with Gasteiger partial charge in [0.1, 0.15) is 0 Å². The van der Waals surface area contributed by atoms with Crippen molar-refractivity contribution >= 4 is 27.4 Å². The molecule has 1 atom stereocenters. The SMILES string of the molecule is Nc1ccc2c(c1)CCCC2Nc1ncc(Br)cc1F. The van der Waals surface area contributed by atoms with Gasteiger partial charge in [0.25, 0.3) is 0 Å². The molecule has 0 amide bonds. The fraction of sp³-hybridized carbons (Fsp3) is 0.267. The van der Waals surface area contributed by atoms with Crippen LogP contribution in [-0.4, -0.2) is 4.98 Å². The molecule has 0 bridgehead atoms. The lowest BCUT2D eigenvalue weighted by Crippen LogP contribution is -2.18. The standard InChI is InChI=1S/C15H15BrFN3/c16-10-7-13(17)15(19-8-10)20-14-3-1-2-9-6-11(18)4-5-12(9)14/h4-8,14H,1-3,18H2,(H,19,20). The van der Waals surface area contributed by atoms with Gasteiger partial charge < -0.3 is 11.1 Å². The minimum atomic E-state index is -0.345. The van der Waals surface area contributed by atoms with Gasteiger partial charge in [0.15, 0.2) is 11.6 Å². The summed E-state index contributed by atoms with van der Waals surface area (Å²) in [6, 6.07) is 7.43. The molecule has 1 aromatic carbocycles. The van der Waals surface area contributed by atoms with Crippen LogP contribution in [0, 0.1) is 5.82 Å². The van der Waals surface area contributed by atoms with E-state index in [1.54, 1.807) is 6.20 Å². The van der Waals surface area contributed by atoms with Gasteiger partial charge in [0.05, 0.1) is 6.04 Å². The number of pyridine rings is 1. The fourth-order valence-electron chi connectivity index (χ4n) is 2.67. The van der Waals surface area contributed by atoms with Crippen molar-refractivity contribution in [2.75, 3.05) is 11.1 Å². The van der Waals surface area contributed by atoms with Gasteiger partial charge >= 0.3 is 0 Å². The number of hydrogen-bond acceptors (Lipinski definition) is 3. The summed E-state index contributed by atoms with van der Waals surface area (Å²) >= 11 is 3.21. The van der Waals surface area contributed by atoms with E-state index in [-0.39, 0.29) is 11.9 Å². The third kappa shape index (κ3) is 2.63. The monoisotopic (exact) mass is 335 g/mol. The predicted octanol–water partition coefficient (Wildman–Crippen LogP) is 4.05. The second kappa shape index (κ2) is 5.40. The molecule has 0 saturated heterocycles. The van der Waals surface area contributed by atoms with Crippen LogP contribution in [0.15, 0.2) is 34.9 Å². The van der Waals surface area contributed by atoms with Crippen LogP contribution in [0.2, 0.25) is 0 Å². The van der Waals surface area contributed by atoms with Gasteiger partial charge in [-0.3, -0.25) is 0 Å². The van der Waals surface area contributed by atoms with Crippen LogP contribution >= 0.6 is 15.9 Å². The third-order valence-electron chi connectivity index (χ3n) is 3.60. The maximum absolute atomic E-state index is 13.9. The number of rotatable bonds is 2. The molecule has 1 aliphatic rings. The van der Waals surface area contributed by atoms with E-state index >= 15 is 0 Å². The Bertz CT molecular complexity index is 645. The van der Waals surface area contributed by atoms with Crippen LogP contribution in [0.5, 0.6) is 0 Å². The first kappa shape index (κ1) is 13.4. The van der Waals surface area contributed by atoms with Gasteiger partial charge in [-0.25, -0.2) is 9.37 Å². The van der Waals surface area contributed by atoms with Crippen LogP contribution in [0.1, 0.15) is 30.0 Å². The van der Waals surface area contributed by atoms with Crippen molar-refractivity contribution in [3.63, 3.8) is 0 Å². The largest absolute Gasteiger partial charge is 0.399 e. The van der Waals surface area contributed by atoms with Gasteiger partial charge in [-0.2, -0.15) is 0 Å². The average Bonchev–Trinajstić information content (AvgIpc) is 2.41. The summed E-state index contributed by atoms with van der Waals surface area (Å²) in [6.45, 7) is 0. The summed E-state index contributed by atoms with van der Waals surface area (Å²) in [5.74, 6) is -0.0511. The van der Waals surface area contributed by atoms with Crippen molar-refractivity contribution in [1.82, 2.24) is 4.98 Å². The Labute approximate surface area is 125 Å². The summed E-state index contributed by atoms with van der Waals surface area (Å²) in [6.07, 6.45) is 4.65. The maximum atomic E-state index is 13.9. The van der Waals surface area contributed by atoms with Gasteiger partial charge in [0, 0.05) is 16.4 Å². The molecule has 3 N–H and O–H groups in total. The Balaban J connectivity index is 1.89. The zero-order valence-electron chi connectivity index (χ0n) is 10.9. The Morgan fingerprint density at radius 2 is 2.20 bits per heavy atom. The van der Waals surface area contributed by atoms with Crippen molar-refractivity contribution in [2.45, 2.75) is 25.3 Å². The summed E-state index contributed by atoms with van der Waals surface area (Å²) in [4.78, 5) is 4.10. The molecule has 104 valence electrons. The molecule has 1 aromatic heterocycles. The van der Waals surface area contributed by atoms with Gasteiger partial charge in [0.2, 0.25) is 0 Å². The number of nitrogens with two attached hydrogens (primary N) is 1. The van der Waals surface area contributed by atoms with E-state index < -0.39 is 0 Å². The summed E-state index contributed by atoms with van der Waals surface area (Å²) in [7, 11) is 0. The highest BCUT2D eigenvalue weighted by molar-refractivity contribution is 9.10. The normalized spacial score (nSPS) is 17.6. The Morgan fingerprint density at radius 3 is 3.00 bits per heavy atom. The van der Waals surface area contributed by atoms with E-state index in [0.29, 0.717) is 10.3 Å². The molecule has 20 heavy (non-hydrogen) atoms. The van der Waals surface area contributed by atoms with Crippen LogP contribution in [0.4, 0.5) is 15.9 Å². The lowest BCUT2D eigenvalue weighted by atomic mass is 9.87. The molecule has 5 heteroatoms. The smallest absolute Gasteiger partial charge is 0.166 e. The van der Waals surface area contributed by atoms with E-state index in [0.717, 1.165) is 24.9 Å².